The number of carbonyl (C=O) groups excluding carboxylic acids is 1. The number of rotatable bonds is 8. The first-order chi connectivity index (χ1) is 15.4. The molecule has 1 amide bonds. The Kier molecular flexibility index (Phi) is 6.61. The molecule has 0 bridgehead atoms. The predicted octanol–water partition coefficient (Wildman–Crippen LogP) is 4.15. The second-order valence-corrected chi connectivity index (χ2v) is 8.38. The summed E-state index contributed by atoms with van der Waals surface area (Å²) in [6.07, 6.45) is 6.37. The molecule has 0 unspecified atom stereocenters. The maximum atomic E-state index is 15.2. The van der Waals surface area contributed by atoms with Gasteiger partial charge in [-0.2, -0.15) is 4.39 Å². The van der Waals surface area contributed by atoms with Gasteiger partial charge in [0.05, 0.1) is 30.1 Å². The van der Waals surface area contributed by atoms with Crippen LogP contribution < -0.4 is 16.4 Å². The van der Waals surface area contributed by atoms with Crippen LogP contribution in [-0.4, -0.2) is 22.1 Å². The van der Waals surface area contributed by atoms with Crippen LogP contribution in [0.5, 0.6) is 0 Å². The van der Waals surface area contributed by atoms with Crippen LogP contribution in [0.15, 0.2) is 58.2 Å². The fourth-order valence-corrected chi connectivity index (χ4v) is 3.35. The lowest BCUT2D eigenvalue weighted by Gasteiger charge is -2.16. The monoisotopic (exact) mass is 504 g/mol. The molecular formula is C22H19BrF2N4O3. The minimum absolute atomic E-state index is 0.000268. The van der Waals surface area contributed by atoms with Crippen LogP contribution in [0.25, 0.3) is 0 Å². The topological polar surface area (TPSA) is 85.2 Å². The molecule has 7 nitrogen and oxygen atoms in total. The van der Waals surface area contributed by atoms with E-state index < -0.39 is 28.8 Å². The molecule has 0 radical (unpaired) electrons. The smallest absolute Gasteiger partial charge is 0.289 e. The molecule has 2 heterocycles. The van der Waals surface area contributed by atoms with Gasteiger partial charge in [0.25, 0.3) is 11.5 Å². The van der Waals surface area contributed by atoms with Gasteiger partial charge in [0.1, 0.15) is 5.82 Å². The minimum atomic E-state index is -1.22. The summed E-state index contributed by atoms with van der Waals surface area (Å²) >= 11 is 3.15. The van der Waals surface area contributed by atoms with Crippen LogP contribution in [0.2, 0.25) is 0 Å². The summed E-state index contributed by atoms with van der Waals surface area (Å²) in [5.74, 6) is -2.27. The number of hydrogen-bond acceptors (Lipinski definition) is 5. The molecule has 1 aromatic carbocycles. The van der Waals surface area contributed by atoms with Crippen LogP contribution in [0, 0.1) is 17.6 Å². The van der Waals surface area contributed by atoms with Gasteiger partial charge < -0.3 is 9.88 Å². The lowest BCUT2D eigenvalue weighted by Crippen LogP contribution is -2.31. The van der Waals surface area contributed by atoms with Crippen molar-refractivity contribution in [3.63, 3.8) is 0 Å². The van der Waals surface area contributed by atoms with Crippen molar-refractivity contribution in [1.82, 2.24) is 15.0 Å². The number of pyridine rings is 2. The first kappa shape index (κ1) is 22.1. The molecule has 2 N–H and O–H groups in total. The van der Waals surface area contributed by atoms with Crippen LogP contribution in [0.3, 0.4) is 0 Å². The van der Waals surface area contributed by atoms with E-state index >= 15 is 4.39 Å². The quantitative estimate of drug-likeness (QED) is 0.450. The molecule has 2 aromatic heterocycles. The molecule has 4 rings (SSSR count). The highest BCUT2D eigenvalue weighted by atomic mass is 79.9. The molecule has 0 saturated heterocycles. The van der Waals surface area contributed by atoms with Crippen LogP contribution in [-0.2, 0) is 11.4 Å². The third-order valence-corrected chi connectivity index (χ3v) is 5.41. The van der Waals surface area contributed by atoms with Crippen molar-refractivity contribution < 1.29 is 18.4 Å². The first-order valence-corrected chi connectivity index (χ1v) is 10.7. The van der Waals surface area contributed by atoms with E-state index in [4.69, 9.17) is 4.84 Å². The van der Waals surface area contributed by atoms with E-state index in [-0.39, 0.29) is 17.8 Å². The van der Waals surface area contributed by atoms with Gasteiger partial charge in [0.2, 0.25) is 5.82 Å². The standard InChI is InChI=1S/C22H19BrF2N4O3/c23-15-5-6-18(17(24)8-15)27-20-16(21(30)28-32-12-13-3-4-13)11-29(22(31)19(20)25)10-14-2-1-7-26-9-14/h1-2,5-9,11,13,27H,3-4,10,12H2,(H,28,30). The van der Waals surface area contributed by atoms with Gasteiger partial charge in [-0.3, -0.25) is 19.4 Å². The number of nitrogens with one attached hydrogen (secondary N) is 2. The Morgan fingerprint density at radius 3 is 2.78 bits per heavy atom. The Hall–Kier alpha value is -3.11. The first-order valence-electron chi connectivity index (χ1n) is 9.88. The maximum absolute atomic E-state index is 15.2. The van der Waals surface area contributed by atoms with Gasteiger partial charge in [0, 0.05) is 23.1 Å². The summed E-state index contributed by atoms with van der Waals surface area (Å²) in [5, 5.41) is 2.55. The van der Waals surface area contributed by atoms with Gasteiger partial charge in [-0.25, -0.2) is 9.87 Å². The average Bonchev–Trinajstić information content (AvgIpc) is 3.60. The van der Waals surface area contributed by atoms with Crippen LogP contribution >= 0.6 is 15.9 Å². The SMILES string of the molecule is O=C(NOCC1CC1)c1cn(Cc2cccnc2)c(=O)c(F)c1Nc1ccc(Br)cc1F. The normalized spacial score (nSPS) is 13.1. The predicted molar refractivity (Wildman–Crippen MR) is 118 cm³/mol. The van der Waals surface area contributed by atoms with Gasteiger partial charge >= 0.3 is 0 Å². The van der Waals surface area contributed by atoms with Gasteiger partial charge in [0.15, 0.2) is 0 Å². The largest absolute Gasteiger partial charge is 0.350 e. The number of aromatic nitrogens is 2. The van der Waals surface area contributed by atoms with Crippen molar-refractivity contribution in [3.05, 3.63) is 86.5 Å². The summed E-state index contributed by atoms with van der Waals surface area (Å²) in [4.78, 5) is 34.7. The Morgan fingerprint density at radius 1 is 1.28 bits per heavy atom. The lowest BCUT2D eigenvalue weighted by atomic mass is 10.1. The molecular weight excluding hydrogens is 486 g/mol. The Labute approximate surface area is 190 Å². The molecule has 1 aliphatic carbocycles. The van der Waals surface area contributed by atoms with E-state index in [9.17, 15) is 14.0 Å². The van der Waals surface area contributed by atoms with Crippen molar-refractivity contribution in [2.45, 2.75) is 19.4 Å². The van der Waals surface area contributed by atoms with Crippen LogP contribution in [0.4, 0.5) is 20.2 Å². The summed E-state index contributed by atoms with van der Waals surface area (Å²) in [6.45, 7) is 0.341. The van der Waals surface area contributed by atoms with Crippen molar-refractivity contribution in [3.8, 4) is 0 Å². The number of nitrogens with zero attached hydrogens (tertiary/aromatic N) is 2. The third-order valence-electron chi connectivity index (χ3n) is 4.91. The van der Waals surface area contributed by atoms with Gasteiger partial charge in [-0.05, 0) is 48.6 Å². The van der Waals surface area contributed by atoms with Gasteiger partial charge in [-0.15, -0.1) is 0 Å². The maximum Gasteiger partial charge on any atom is 0.289 e. The fraction of sp³-hybridized carbons (Fsp3) is 0.227. The molecule has 1 fully saturated rings. The molecule has 1 saturated carbocycles. The van der Waals surface area contributed by atoms with E-state index in [0.29, 0.717) is 22.6 Å². The van der Waals surface area contributed by atoms with Crippen LogP contribution in [0.1, 0.15) is 28.8 Å². The van der Waals surface area contributed by atoms with Crippen molar-refractivity contribution in [1.29, 1.82) is 0 Å². The third kappa shape index (κ3) is 5.20. The zero-order valence-electron chi connectivity index (χ0n) is 16.8. The summed E-state index contributed by atoms with van der Waals surface area (Å²) in [7, 11) is 0. The summed E-state index contributed by atoms with van der Waals surface area (Å²) in [6, 6.07) is 7.50. The zero-order chi connectivity index (χ0) is 22.7. The zero-order valence-corrected chi connectivity index (χ0v) is 18.4. The second-order valence-electron chi connectivity index (χ2n) is 7.46. The molecule has 0 aliphatic heterocycles. The van der Waals surface area contributed by atoms with Crippen molar-refractivity contribution in [2.24, 2.45) is 5.92 Å². The molecule has 0 atom stereocenters. The van der Waals surface area contributed by atoms with E-state index in [0.717, 1.165) is 17.4 Å². The van der Waals surface area contributed by atoms with E-state index in [1.165, 1.54) is 24.5 Å². The van der Waals surface area contributed by atoms with E-state index in [1.54, 1.807) is 24.4 Å². The number of amides is 1. The lowest BCUT2D eigenvalue weighted by molar-refractivity contribution is 0.0270. The number of hydrogen-bond donors (Lipinski definition) is 2. The minimum Gasteiger partial charge on any atom is -0.350 e. The number of carbonyl (C=O) groups is 1. The van der Waals surface area contributed by atoms with E-state index in [1.807, 2.05) is 0 Å². The molecule has 1 aliphatic rings. The van der Waals surface area contributed by atoms with E-state index in [2.05, 4.69) is 31.7 Å². The van der Waals surface area contributed by atoms with Crippen molar-refractivity contribution >= 4 is 33.2 Å². The summed E-state index contributed by atoms with van der Waals surface area (Å²) in [5.41, 5.74) is 1.22. The Balaban J connectivity index is 1.70. The number of halogens is 3. The molecule has 10 heteroatoms. The Morgan fingerprint density at radius 2 is 2.09 bits per heavy atom. The average molecular weight is 505 g/mol. The second kappa shape index (κ2) is 9.58. The highest BCUT2D eigenvalue weighted by Crippen LogP contribution is 2.29. The fourth-order valence-electron chi connectivity index (χ4n) is 3.02. The number of anilines is 2. The Bertz CT molecular complexity index is 1200. The van der Waals surface area contributed by atoms with Gasteiger partial charge in [-0.1, -0.05) is 22.0 Å². The highest BCUT2D eigenvalue weighted by Gasteiger charge is 2.24. The molecule has 0 spiro atoms. The number of hydroxylamine groups is 1. The molecule has 166 valence electrons. The molecule has 3 aromatic rings. The van der Waals surface area contributed by atoms with Crippen molar-refractivity contribution in [2.75, 3.05) is 11.9 Å². The summed E-state index contributed by atoms with van der Waals surface area (Å²) < 4.78 is 31.1. The number of benzene rings is 1. The highest BCUT2D eigenvalue weighted by molar-refractivity contribution is 9.10. The molecule has 32 heavy (non-hydrogen) atoms.